The maximum absolute atomic E-state index is 11.3. The molecular formula is C21H29BO4. The van der Waals surface area contributed by atoms with Crippen LogP contribution in [0.5, 0.6) is 0 Å². The lowest BCUT2D eigenvalue weighted by Gasteiger charge is -2.37. The molecule has 4 nitrogen and oxygen atoms in total. The van der Waals surface area contributed by atoms with Crippen LogP contribution in [-0.2, 0) is 25.9 Å². The molecule has 1 aromatic carbocycles. The Bertz CT molecular complexity index is 716. The SMILES string of the molecule is CC1(C)OB(c2ccc3c(c2)CCC32CCC(C(=O)O)CC2)OC1(C)C. The lowest BCUT2D eigenvalue weighted by atomic mass is 9.67. The molecule has 0 unspecified atom stereocenters. The van der Waals surface area contributed by atoms with E-state index < -0.39 is 5.97 Å². The van der Waals surface area contributed by atoms with E-state index in [9.17, 15) is 9.90 Å². The number of hydrogen-bond acceptors (Lipinski definition) is 3. The van der Waals surface area contributed by atoms with Gasteiger partial charge < -0.3 is 14.4 Å². The summed E-state index contributed by atoms with van der Waals surface area (Å²) in [6.45, 7) is 8.32. The number of aliphatic carboxylic acids is 1. The number of carboxylic acid groups (broad SMARTS) is 1. The zero-order valence-corrected chi connectivity index (χ0v) is 16.3. The van der Waals surface area contributed by atoms with Crippen molar-refractivity contribution < 1.29 is 19.2 Å². The number of carboxylic acids is 1. The van der Waals surface area contributed by atoms with Gasteiger partial charge in [-0.25, -0.2) is 0 Å². The molecule has 0 amide bonds. The molecule has 1 heterocycles. The van der Waals surface area contributed by atoms with Gasteiger partial charge in [-0.05, 0) is 88.2 Å². The van der Waals surface area contributed by atoms with Crippen LogP contribution in [-0.4, -0.2) is 29.4 Å². The molecule has 2 aliphatic carbocycles. The van der Waals surface area contributed by atoms with Crippen molar-refractivity contribution in [1.82, 2.24) is 0 Å². The smallest absolute Gasteiger partial charge is 0.481 e. The zero-order chi connectivity index (χ0) is 18.7. The average molecular weight is 356 g/mol. The molecule has 1 aliphatic heterocycles. The highest BCUT2D eigenvalue weighted by Crippen LogP contribution is 2.50. The zero-order valence-electron chi connectivity index (χ0n) is 16.3. The third-order valence-corrected chi connectivity index (χ3v) is 7.39. The van der Waals surface area contributed by atoms with E-state index in [1.54, 1.807) is 0 Å². The summed E-state index contributed by atoms with van der Waals surface area (Å²) in [5.41, 5.74) is 3.46. The molecule has 140 valence electrons. The van der Waals surface area contributed by atoms with Crippen molar-refractivity contribution in [1.29, 1.82) is 0 Å². The first-order valence-corrected chi connectivity index (χ1v) is 9.85. The van der Waals surface area contributed by atoms with Gasteiger partial charge in [0.25, 0.3) is 0 Å². The highest BCUT2D eigenvalue weighted by Gasteiger charge is 2.52. The second-order valence-electron chi connectivity index (χ2n) is 9.40. The second-order valence-corrected chi connectivity index (χ2v) is 9.40. The fourth-order valence-electron chi connectivity index (χ4n) is 4.91. The average Bonchev–Trinajstić information content (AvgIpc) is 3.02. The van der Waals surface area contributed by atoms with Gasteiger partial charge in [0.05, 0.1) is 17.1 Å². The van der Waals surface area contributed by atoms with Crippen molar-refractivity contribution in [3.8, 4) is 0 Å². The van der Waals surface area contributed by atoms with Gasteiger partial charge >= 0.3 is 13.1 Å². The van der Waals surface area contributed by atoms with Crippen LogP contribution >= 0.6 is 0 Å². The normalized spacial score (nSPS) is 32.0. The summed E-state index contributed by atoms with van der Waals surface area (Å²) in [6.07, 6.45) is 5.79. The topological polar surface area (TPSA) is 55.8 Å². The van der Waals surface area contributed by atoms with Crippen LogP contribution in [0.2, 0.25) is 0 Å². The molecule has 1 aromatic rings. The Morgan fingerprint density at radius 3 is 2.27 bits per heavy atom. The molecule has 4 rings (SSSR count). The molecule has 0 aromatic heterocycles. The fraction of sp³-hybridized carbons (Fsp3) is 0.667. The van der Waals surface area contributed by atoms with E-state index in [0.29, 0.717) is 0 Å². The third kappa shape index (κ3) is 2.71. The number of hydrogen-bond donors (Lipinski definition) is 1. The first kappa shape index (κ1) is 18.1. The van der Waals surface area contributed by atoms with Gasteiger partial charge in [-0.2, -0.15) is 0 Å². The molecule has 2 fully saturated rings. The fourth-order valence-corrected chi connectivity index (χ4v) is 4.91. The van der Waals surface area contributed by atoms with Crippen LogP contribution in [0.4, 0.5) is 0 Å². The molecule has 0 atom stereocenters. The lowest BCUT2D eigenvalue weighted by molar-refractivity contribution is -0.143. The largest absolute Gasteiger partial charge is 0.494 e. The van der Waals surface area contributed by atoms with E-state index >= 15 is 0 Å². The van der Waals surface area contributed by atoms with Gasteiger partial charge in [-0.3, -0.25) is 4.79 Å². The Labute approximate surface area is 156 Å². The summed E-state index contributed by atoms with van der Waals surface area (Å²) in [6, 6.07) is 6.66. The van der Waals surface area contributed by atoms with Crippen LogP contribution in [0.25, 0.3) is 0 Å². The predicted octanol–water partition coefficient (Wildman–Crippen LogP) is 3.44. The molecule has 0 radical (unpaired) electrons. The van der Waals surface area contributed by atoms with E-state index in [1.165, 1.54) is 11.1 Å². The van der Waals surface area contributed by atoms with E-state index in [-0.39, 0.29) is 29.7 Å². The van der Waals surface area contributed by atoms with Gasteiger partial charge in [0.1, 0.15) is 0 Å². The van der Waals surface area contributed by atoms with E-state index in [0.717, 1.165) is 44.0 Å². The molecule has 0 bridgehead atoms. The summed E-state index contributed by atoms with van der Waals surface area (Å²) < 4.78 is 12.4. The minimum absolute atomic E-state index is 0.159. The molecule has 3 aliphatic rings. The van der Waals surface area contributed by atoms with Crippen molar-refractivity contribution in [2.45, 2.75) is 82.8 Å². The standard InChI is InChI=1S/C21H29BO4/c1-19(2)20(3,4)26-22(25-19)16-5-6-17-15(13-16)9-12-21(17)10-7-14(8-11-21)18(23)24/h5-6,13-14H,7-12H2,1-4H3,(H,23,24). The van der Waals surface area contributed by atoms with Crippen molar-refractivity contribution in [3.05, 3.63) is 29.3 Å². The van der Waals surface area contributed by atoms with Gasteiger partial charge in [-0.15, -0.1) is 0 Å². The van der Waals surface area contributed by atoms with Gasteiger partial charge in [0.2, 0.25) is 0 Å². The maximum atomic E-state index is 11.3. The Kier molecular flexibility index (Phi) is 4.05. The predicted molar refractivity (Wildman–Crippen MR) is 102 cm³/mol. The van der Waals surface area contributed by atoms with Gasteiger partial charge in [-0.1, -0.05) is 18.2 Å². The molecule has 26 heavy (non-hydrogen) atoms. The summed E-state index contributed by atoms with van der Waals surface area (Å²) >= 11 is 0. The highest BCUT2D eigenvalue weighted by molar-refractivity contribution is 6.62. The monoisotopic (exact) mass is 356 g/mol. The van der Waals surface area contributed by atoms with Gasteiger partial charge in [0.15, 0.2) is 0 Å². The highest BCUT2D eigenvalue weighted by atomic mass is 16.7. The first-order valence-electron chi connectivity index (χ1n) is 9.85. The molecule has 1 saturated heterocycles. The summed E-state index contributed by atoms with van der Waals surface area (Å²) in [5, 5.41) is 9.28. The van der Waals surface area contributed by atoms with E-state index in [4.69, 9.17) is 9.31 Å². The molecular weight excluding hydrogens is 327 g/mol. The maximum Gasteiger partial charge on any atom is 0.494 e. The van der Waals surface area contributed by atoms with Crippen molar-refractivity contribution in [2.75, 3.05) is 0 Å². The number of carbonyl (C=O) groups is 1. The van der Waals surface area contributed by atoms with Crippen LogP contribution in [0.15, 0.2) is 18.2 Å². The Morgan fingerprint density at radius 1 is 1.08 bits per heavy atom. The first-order chi connectivity index (χ1) is 12.1. The number of rotatable bonds is 2. The molecule has 1 saturated carbocycles. The minimum atomic E-state index is -0.630. The summed E-state index contributed by atoms with van der Waals surface area (Å²) in [4.78, 5) is 11.3. The number of fused-ring (bicyclic) bond motifs is 2. The van der Waals surface area contributed by atoms with E-state index in [2.05, 4.69) is 45.9 Å². The van der Waals surface area contributed by atoms with Crippen molar-refractivity contribution in [3.63, 3.8) is 0 Å². The Morgan fingerprint density at radius 2 is 1.69 bits per heavy atom. The Hall–Kier alpha value is -1.33. The van der Waals surface area contributed by atoms with E-state index in [1.807, 2.05) is 0 Å². The van der Waals surface area contributed by atoms with Crippen molar-refractivity contribution >= 4 is 18.6 Å². The van der Waals surface area contributed by atoms with Crippen LogP contribution in [0.1, 0.15) is 70.9 Å². The molecule has 5 heteroatoms. The Balaban J connectivity index is 1.56. The van der Waals surface area contributed by atoms with Crippen LogP contribution in [0.3, 0.4) is 0 Å². The second kappa shape index (κ2) is 5.83. The van der Waals surface area contributed by atoms with Gasteiger partial charge in [0, 0.05) is 0 Å². The van der Waals surface area contributed by atoms with Crippen molar-refractivity contribution in [2.24, 2.45) is 5.92 Å². The summed E-state index contributed by atoms with van der Waals surface area (Å²) in [7, 11) is -0.315. The molecule has 1 spiro atoms. The lowest BCUT2D eigenvalue weighted by Crippen LogP contribution is -2.41. The minimum Gasteiger partial charge on any atom is -0.481 e. The van der Waals surface area contributed by atoms with Crippen LogP contribution in [0, 0.1) is 5.92 Å². The molecule has 1 N–H and O–H groups in total. The van der Waals surface area contributed by atoms with Crippen LogP contribution < -0.4 is 5.46 Å². The third-order valence-electron chi connectivity index (χ3n) is 7.39. The quantitative estimate of drug-likeness (QED) is 0.825. The summed E-state index contributed by atoms with van der Waals surface area (Å²) in [5.74, 6) is -0.789. The number of benzene rings is 1. The number of aryl methyl sites for hydroxylation is 1.